The zero-order chi connectivity index (χ0) is 30.7. The lowest BCUT2D eigenvalue weighted by Crippen LogP contribution is -2.15. The van der Waals surface area contributed by atoms with Crippen molar-refractivity contribution in [2.24, 2.45) is 10.3 Å². The summed E-state index contributed by atoms with van der Waals surface area (Å²) in [6.07, 6.45) is 0. The monoisotopic (exact) mass is 650 g/mol. The highest BCUT2D eigenvalue weighted by atomic mass is 33.1. The van der Waals surface area contributed by atoms with Crippen LogP contribution in [-0.4, -0.2) is 28.6 Å². The summed E-state index contributed by atoms with van der Waals surface area (Å²) < 4.78 is 74.0. The molecule has 0 heterocycles. The summed E-state index contributed by atoms with van der Waals surface area (Å²) >= 11 is 0. The lowest BCUT2D eigenvalue weighted by Gasteiger charge is -2.12. The number of sulfonamides is 2. The van der Waals surface area contributed by atoms with E-state index in [1.165, 1.54) is 60.7 Å². The van der Waals surface area contributed by atoms with Gasteiger partial charge in [0.15, 0.2) is 0 Å². The summed E-state index contributed by atoms with van der Waals surface area (Å²) in [6.45, 7) is 0. The number of halogens is 2. The number of hydrogen-bond acceptors (Lipinski definition) is 8. The molecule has 0 aliphatic carbocycles. The maximum absolute atomic E-state index is 14.1. The highest BCUT2D eigenvalue weighted by Crippen LogP contribution is 2.41. The molecule has 16 heteroatoms. The largest absolute Gasteiger partial charge is 0.322 e. The van der Waals surface area contributed by atoms with Crippen molar-refractivity contribution in [2.75, 3.05) is 10.6 Å². The van der Waals surface area contributed by atoms with Gasteiger partial charge in [-0.1, -0.05) is 21.6 Å². The van der Waals surface area contributed by atoms with Crippen molar-refractivity contribution >= 4 is 64.8 Å². The Morgan fingerprint density at radius 2 is 0.905 bits per heavy atom. The molecule has 0 fully saturated rings. The van der Waals surface area contributed by atoms with Crippen LogP contribution in [-0.2, 0) is 20.0 Å². The van der Waals surface area contributed by atoms with E-state index >= 15 is 0 Å². The molecule has 2 amide bonds. The quantitative estimate of drug-likeness (QED) is 0.190. The van der Waals surface area contributed by atoms with Crippen LogP contribution in [0.3, 0.4) is 0 Å². The average Bonchev–Trinajstić information content (AvgIpc) is 2.92. The predicted octanol–water partition coefficient (Wildman–Crippen LogP) is 4.56. The second-order valence-corrected chi connectivity index (χ2v) is 13.8. The van der Waals surface area contributed by atoms with Crippen LogP contribution in [0.5, 0.6) is 0 Å². The van der Waals surface area contributed by atoms with Crippen LogP contribution in [0.25, 0.3) is 0 Å². The molecule has 10 nitrogen and oxygen atoms in total. The molecule has 0 aliphatic rings. The second kappa shape index (κ2) is 12.6. The molecule has 0 aliphatic heterocycles. The summed E-state index contributed by atoms with van der Waals surface area (Å²) in [5.41, 5.74) is 0.363. The standard InChI is InChI=1S/C26H20F2N4O6S4/c27-15-1-11-23(21(13-15)25(33)31-17-3-7-19(8-4-17)41(29,35)36)39-40-24-12-2-16(28)14-22(24)26(34)32-18-5-9-20(10-6-18)42(30,37)38/h1-14H,(H,31,33)(H,32,34)(H2,29,35,36)(H2,30,37,38). The molecule has 0 radical (unpaired) electrons. The van der Waals surface area contributed by atoms with Crippen LogP contribution in [0.2, 0.25) is 0 Å². The van der Waals surface area contributed by atoms with Crippen LogP contribution >= 0.6 is 21.6 Å². The van der Waals surface area contributed by atoms with Gasteiger partial charge in [0.05, 0.1) is 20.9 Å². The van der Waals surface area contributed by atoms with Gasteiger partial charge in [-0.05, 0) is 84.9 Å². The van der Waals surface area contributed by atoms with E-state index in [9.17, 15) is 35.2 Å². The lowest BCUT2D eigenvalue weighted by molar-refractivity contribution is 0.101. The fourth-order valence-electron chi connectivity index (χ4n) is 3.45. The first kappa shape index (κ1) is 31.1. The third-order valence-corrected chi connectivity index (χ3v) is 9.82. The molecule has 4 aromatic rings. The molecular formula is C26H20F2N4O6S4. The molecule has 0 saturated heterocycles. The van der Waals surface area contributed by atoms with Crippen molar-refractivity contribution in [3.8, 4) is 0 Å². The number of hydrogen-bond donors (Lipinski definition) is 4. The topological polar surface area (TPSA) is 179 Å². The Balaban J connectivity index is 1.52. The Kier molecular flexibility index (Phi) is 9.34. The maximum atomic E-state index is 14.1. The van der Waals surface area contributed by atoms with Crippen molar-refractivity contribution < 1.29 is 35.2 Å². The fraction of sp³-hybridized carbons (Fsp3) is 0. The Hall–Kier alpha value is -3.80. The Morgan fingerprint density at radius 1 is 0.571 bits per heavy atom. The SMILES string of the molecule is NS(=O)(=O)c1ccc(NC(=O)c2cc(F)ccc2SSc2ccc(F)cc2C(=O)Nc2ccc(S(N)(=O)=O)cc2)cc1. The summed E-state index contributed by atoms with van der Waals surface area (Å²) in [4.78, 5) is 26.3. The molecule has 4 aromatic carbocycles. The van der Waals surface area contributed by atoms with Gasteiger partial charge in [-0.2, -0.15) is 0 Å². The van der Waals surface area contributed by atoms with E-state index in [0.717, 1.165) is 45.9 Å². The number of carbonyl (C=O) groups is 2. The van der Waals surface area contributed by atoms with Gasteiger partial charge in [-0.25, -0.2) is 35.9 Å². The van der Waals surface area contributed by atoms with Gasteiger partial charge in [0.2, 0.25) is 20.0 Å². The number of rotatable bonds is 9. The number of primary sulfonamides is 2. The second-order valence-electron chi connectivity index (χ2n) is 8.49. The Morgan fingerprint density at radius 3 is 1.21 bits per heavy atom. The Bertz CT molecular complexity index is 1750. The van der Waals surface area contributed by atoms with E-state index in [-0.39, 0.29) is 32.3 Å². The number of nitrogens with two attached hydrogens (primary N) is 2. The van der Waals surface area contributed by atoms with Crippen molar-refractivity contribution in [3.63, 3.8) is 0 Å². The molecule has 0 spiro atoms. The average molecular weight is 651 g/mol. The van der Waals surface area contributed by atoms with Gasteiger partial charge in [0.1, 0.15) is 11.6 Å². The predicted molar refractivity (Wildman–Crippen MR) is 156 cm³/mol. The molecule has 6 N–H and O–H groups in total. The van der Waals surface area contributed by atoms with E-state index in [4.69, 9.17) is 10.3 Å². The highest BCUT2D eigenvalue weighted by Gasteiger charge is 2.19. The fourth-order valence-corrected chi connectivity index (χ4v) is 6.80. The summed E-state index contributed by atoms with van der Waals surface area (Å²) in [7, 11) is -5.84. The molecule has 0 unspecified atom stereocenters. The van der Waals surface area contributed by atoms with Crippen molar-refractivity contribution in [2.45, 2.75) is 19.6 Å². The molecule has 0 aromatic heterocycles. The molecule has 0 saturated carbocycles. The minimum atomic E-state index is -3.93. The van der Waals surface area contributed by atoms with Crippen LogP contribution < -0.4 is 20.9 Å². The molecule has 218 valence electrons. The van der Waals surface area contributed by atoms with E-state index in [1.54, 1.807) is 0 Å². The zero-order valence-electron chi connectivity index (χ0n) is 21.1. The normalized spacial score (nSPS) is 11.6. The molecular weight excluding hydrogens is 631 g/mol. The first-order valence-electron chi connectivity index (χ1n) is 11.5. The summed E-state index contributed by atoms with van der Waals surface area (Å²) in [5.74, 6) is -2.76. The van der Waals surface area contributed by atoms with Crippen LogP contribution in [0.1, 0.15) is 20.7 Å². The summed E-state index contributed by atoms with van der Waals surface area (Å²) in [5, 5.41) is 15.3. The highest BCUT2D eigenvalue weighted by molar-refractivity contribution is 8.76. The van der Waals surface area contributed by atoms with Crippen molar-refractivity contribution in [3.05, 3.63) is 108 Å². The molecule has 4 rings (SSSR count). The summed E-state index contributed by atoms with van der Waals surface area (Å²) in [6, 6.07) is 17.2. The number of nitrogens with one attached hydrogen (secondary N) is 2. The van der Waals surface area contributed by atoms with Crippen LogP contribution in [0, 0.1) is 11.6 Å². The zero-order valence-corrected chi connectivity index (χ0v) is 24.3. The van der Waals surface area contributed by atoms with E-state index in [2.05, 4.69) is 10.6 Å². The maximum Gasteiger partial charge on any atom is 0.256 e. The van der Waals surface area contributed by atoms with Gasteiger partial charge in [-0.3, -0.25) is 9.59 Å². The number of anilines is 2. The van der Waals surface area contributed by atoms with Gasteiger partial charge < -0.3 is 10.6 Å². The van der Waals surface area contributed by atoms with Gasteiger partial charge >= 0.3 is 0 Å². The van der Waals surface area contributed by atoms with E-state index in [1.807, 2.05) is 0 Å². The van der Waals surface area contributed by atoms with Gasteiger partial charge in [-0.15, -0.1) is 0 Å². The first-order valence-corrected chi connectivity index (χ1v) is 16.8. The van der Waals surface area contributed by atoms with Crippen LogP contribution in [0.15, 0.2) is 105 Å². The van der Waals surface area contributed by atoms with E-state index in [0.29, 0.717) is 9.79 Å². The molecule has 42 heavy (non-hydrogen) atoms. The third-order valence-electron chi connectivity index (χ3n) is 5.48. The number of carbonyl (C=O) groups excluding carboxylic acids is 2. The Labute approximate surface area is 247 Å². The molecule has 0 atom stereocenters. The van der Waals surface area contributed by atoms with Crippen molar-refractivity contribution in [1.82, 2.24) is 0 Å². The van der Waals surface area contributed by atoms with Crippen LogP contribution in [0.4, 0.5) is 20.2 Å². The minimum absolute atomic E-state index is 0.0499. The first-order chi connectivity index (χ1) is 19.7. The smallest absolute Gasteiger partial charge is 0.256 e. The lowest BCUT2D eigenvalue weighted by atomic mass is 10.2. The van der Waals surface area contributed by atoms with Crippen molar-refractivity contribution in [1.29, 1.82) is 0 Å². The van der Waals surface area contributed by atoms with Gasteiger partial charge in [0.25, 0.3) is 11.8 Å². The minimum Gasteiger partial charge on any atom is -0.322 e. The third kappa shape index (κ3) is 7.93. The molecule has 0 bridgehead atoms. The number of amides is 2. The number of benzene rings is 4. The van der Waals surface area contributed by atoms with E-state index < -0.39 is 43.5 Å². The van der Waals surface area contributed by atoms with Gasteiger partial charge in [0, 0.05) is 21.2 Å².